The van der Waals surface area contributed by atoms with E-state index in [0.29, 0.717) is 11.5 Å². The minimum atomic E-state index is -0.369. The smallest absolute Gasteiger partial charge is 0.328 e. The predicted molar refractivity (Wildman–Crippen MR) is 79.6 cm³/mol. The van der Waals surface area contributed by atoms with Gasteiger partial charge in [-0.3, -0.25) is 0 Å². The zero-order valence-corrected chi connectivity index (χ0v) is 12.5. The average Bonchev–Trinajstić information content (AvgIpc) is 2.49. The van der Waals surface area contributed by atoms with Crippen molar-refractivity contribution in [1.29, 1.82) is 0 Å². The maximum atomic E-state index is 8.98. The molecule has 4 nitrogen and oxygen atoms in total. The monoisotopic (exact) mass is 288 g/mol. The zero-order valence-electron chi connectivity index (χ0n) is 11.7. The molecule has 1 aliphatic carbocycles. The first-order chi connectivity index (χ1) is 9.67. The summed E-state index contributed by atoms with van der Waals surface area (Å²) in [7, 11) is 3.17. The molecule has 0 amide bonds. The van der Waals surface area contributed by atoms with Gasteiger partial charge in [0.05, 0.1) is 18.1 Å². The molecule has 2 rings (SSSR count). The highest BCUT2D eigenvalue weighted by atomic mass is 32.2. The molecule has 0 radical (unpaired) electrons. The molecule has 0 saturated heterocycles. The molecule has 20 heavy (non-hydrogen) atoms. The number of aryl methyl sites for hydroxylation is 1. The van der Waals surface area contributed by atoms with Crippen molar-refractivity contribution in [2.75, 3.05) is 14.2 Å². The quantitative estimate of drug-likeness (QED) is 0.631. The number of ether oxygens (including phenoxy) is 2. The highest BCUT2D eigenvalue weighted by Crippen LogP contribution is 2.34. The summed E-state index contributed by atoms with van der Waals surface area (Å²) < 4.78 is 10.6. The Morgan fingerprint density at radius 2 is 1.90 bits per heavy atom. The van der Waals surface area contributed by atoms with Gasteiger partial charge in [-0.1, -0.05) is 29.5 Å². The van der Waals surface area contributed by atoms with Crippen LogP contribution < -0.4 is 0 Å². The van der Waals surface area contributed by atoms with E-state index in [1.54, 1.807) is 32.1 Å². The summed E-state index contributed by atoms with van der Waals surface area (Å²) in [6.45, 7) is 2.06. The normalized spacial score (nSPS) is 18.1. The lowest BCUT2D eigenvalue weighted by molar-refractivity contribution is -0.0188. The molecule has 1 unspecified atom stereocenters. The minimum Gasteiger partial charge on any atom is -0.495 e. The van der Waals surface area contributed by atoms with E-state index in [0.717, 1.165) is 9.80 Å². The second-order valence-electron chi connectivity index (χ2n) is 4.34. The Hall–Kier alpha value is -1.81. The molecule has 0 fully saturated rings. The molecule has 1 aliphatic rings. The summed E-state index contributed by atoms with van der Waals surface area (Å²) in [6, 6.07) is 8.25. The molecule has 1 aromatic carbocycles. The van der Waals surface area contributed by atoms with Crippen molar-refractivity contribution in [3.8, 4) is 0 Å². The highest BCUT2D eigenvalue weighted by molar-refractivity contribution is 8.03. The minimum absolute atomic E-state index is 0.369. The van der Waals surface area contributed by atoms with Crippen molar-refractivity contribution in [2.45, 2.75) is 17.9 Å². The predicted octanol–water partition coefficient (Wildman–Crippen LogP) is 3.20. The largest absolute Gasteiger partial charge is 0.495 e. The first-order valence-corrected chi connectivity index (χ1v) is 6.96. The van der Waals surface area contributed by atoms with E-state index in [9.17, 15) is 0 Å². The van der Waals surface area contributed by atoms with Crippen molar-refractivity contribution in [2.24, 2.45) is 0 Å². The van der Waals surface area contributed by atoms with Crippen LogP contribution in [0.2, 0.25) is 0 Å². The highest BCUT2D eigenvalue weighted by Gasteiger charge is 2.27. The van der Waals surface area contributed by atoms with E-state index in [1.807, 2.05) is 6.08 Å². The maximum absolute atomic E-state index is 8.98. The molecule has 0 bridgehead atoms. The topological polar surface area (TPSA) is 54.9 Å². The lowest BCUT2D eigenvalue weighted by Crippen LogP contribution is -2.24. The number of benzene rings is 1. The molecule has 0 N–H and O–H groups in total. The summed E-state index contributed by atoms with van der Waals surface area (Å²) in [6.07, 6.45) is 3.20. The van der Waals surface area contributed by atoms with Gasteiger partial charge >= 0.3 is 5.71 Å². The number of nitrogens with zero attached hydrogens (tertiary/aromatic N) is 2. The first kappa shape index (κ1) is 14.6. The Morgan fingerprint density at radius 3 is 2.45 bits per heavy atom. The maximum Gasteiger partial charge on any atom is 0.328 e. The van der Waals surface area contributed by atoms with Crippen molar-refractivity contribution in [3.05, 3.63) is 58.2 Å². The van der Waals surface area contributed by atoms with E-state index in [2.05, 4.69) is 36.0 Å². The number of hydrogen-bond donors (Lipinski definition) is 0. The van der Waals surface area contributed by atoms with Gasteiger partial charge in [0.15, 0.2) is 6.10 Å². The van der Waals surface area contributed by atoms with Gasteiger partial charge in [-0.25, -0.2) is 0 Å². The van der Waals surface area contributed by atoms with Gasteiger partial charge in [0.2, 0.25) is 0 Å². The molecule has 0 aliphatic heterocycles. The molecule has 0 saturated carbocycles. The van der Waals surface area contributed by atoms with E-state index in [-0.39, 0.29) is 6.10 Å². The van der Waals surface area contributed by atoms with Gasteiger partial charge in [-0.15, -0.1) is 0 Å². The number of rotatable bonds is 4. The van der Waals surface area contributed by atoms with Crippen molar-refractivity contribution in [3.63, 3.8) is 0 Å². The van der Waals surface area contributed by atoms with Crippen molar-refractivity contribution in [1.82, 2.24) is 0 Å². The van der Waals surface area contributed by atoms with Gasteiger partial charge in [-0.2, -0.15) is 4.79 Å². The zero-order chi connectivity index (χ0) is 14.5. The number of methoxy groups -OCH3 is 2. The molecule has 1 atom stereocenters. The number of hydrogen-bond acceptors (Lipinski definition) is 3. The van der Waals surface area contributed by atoms with Crippen LogP contribution in [-0.4, -0.2) is 30.8 Å². The summed E-state index contributed by atoms with van der Waals surface area (Å²) >= 11 is 1.59. The van der Waals surface area contributed by atoms with E-state index < -0.39 is 0 Å². The van der Waals surface area contributed by atoms with E-state index >= 15 is 0 Å². The SMILES string of the molecule is COC1=CC(=[N+]=[N-])C(OC)C=C1Sc1ccc(C)cc1. The van der Waals surface area contributed by atoms with Gasteiger partial charge in [0.25, 0.3) is 0 Å². The Bertz CT molecular complexity index is 599. The van der Waals surface area contributed by atoms with Crippen LogP contribution in [0.15, 0.2) is 52.0 Å². The van der Waals surface area contributed by atoms with Crippen LogP contribution >= 0.6 is 11.8 Å². The average molecular weight is 288 g/mol. The molecule has 0 heterocycles. The van der Waals surface area contributed by atoms with Crippen molar-refractivity contribution >= 4 is 17.5 Å². The van der Waals surface area contributed by atoms with Crippen LogP contribution in [0.3, 0.4) is 0 Å². The molecule has 5 heteroatoms. The van der Waals surface area contributed by atoms with Crippen LogP contribution in [0.1, 0.15) is 5.56 Å². The van der Waals surface area contributed by atoms with Gasteiger partial charge in [0, 0.05) is 12.0 Å². The Balaban J connectivity index is 2.29. The van der Waals surface area contributed by atoms with Crippen LogP contribution in [0, 0.1) is 6.92 Å². The number of thioether (sulfide) groups is 1. The van der Waals surface area contributed by atoms with Gasteiger partial charge < -0.3 is 15.0 Å². The molecular formula is C15H16N2O2S. The van der Waals surface area contributed by atoms with Gasteiger partial charge in [-0.05, 0) is 25.1 Å². The molecule has 0 aromatic heterocycles. The first-order valence-electron chi connectivity index (χ1n) is 6.15. The Labute approximate surface area is 122 Å². The standard InChI is InChI=1S/C15H16N2O2S/c1-10-4-6-11(7-5-10)20-15-9-13(18-2)12(17-16)8-14(15)19-3/h4-9,13H,1-3H3. The second kappa shape index (κ2) is 6.57. The third-order valence-corrected chi connectivity index (χ3v) is 4.02. The summed E-state index contributed by atoms with van der Waals surface area (Å²) in [4.78, 5) is 5.29. The van der Waals surface area contributed by atoms with Crippen LogP contribution in [0.25, 0.3) is 5.53 Å². The third-order valence-electron chi connectivity index (χ3n) is 2.95. The third kappa shape index (κ3) is 3.20. The summed E-state index contributed by atoms with van der Waals surface area (Å²) in [5, 5.41) is 0. The van der Waals surface area contributed by atoms with E-state index in [4.69, 9.17) is 15.0 Å². The molecule has 1 aromatic rings. The lowest BCUT2D eigenvalue weighted by atomic mass is 10.1. The molecular weight excluding hydrogens is 272 g/mol. The Morgan fingerprint density at radius 1 is 1.20 bits per heavy atom. The van der Waals surface area contributed by atoms with Crippen LogP contribution in [-0.2, 0) is 9.47 Å². The van der Waals surface area contributed by atoms with Gasteiger partial charge in [0.1, 0.15) is 5.76 Å². The fraction of sp³-hybridized carbons (Fsp3) is 0.267. The summed E-state index contributed by atoms with van der Waals surface area (Å²) in [5.41, 5.74) is 10.6. The molecule has 0 spiro atoms. The second-order valence-corrected chi connectivity index (χ2v) is 5.46. The van der Waals surface area contributed by atoms with E-state index in [1.165, 1.54) is 5.56 Å². The van der Waals surface area contributed by atoms with Crippen molar-refractivity contribution < 1.29 is 14.3 Å². The summed E-state index contributed by atoms with van der Waals surface area (Å²) in [5.74, 6) is 0.664. The van der Waals surface area contributed by atoms with Crippen LogP contribution in [0.5, 0.6) is 0 Å². The Kier molecular flexibility index (Phi) is 4.79. The molecule has 104 valence electrons. The van der Waals surface area contributed by atoms with Crippen LogP contribution in [0.4, 0.5) is 0 Å². The fourth-order valence-corrected chi connectivity index (χ4v) is 2.80. The lowest BCUT2D eigenvalue weighted by Gasteiger charge is -2.17. The fourth-order valence-electron chi connectivity index (χ4n) is 1.84.